The molecule has 0 radical (unpaired) electrons. The second kappa shape index (κ2) is 10.4. The fourth-order valence-corrected chi connectivity index (χ4v) is 3.11. The molecule has 0 fully saturated rings. The third-order valence-electron chi connectivity index (χ3n) is 3.54. The topological polar surface area (TPSA) is 103 Å². The Hall–Kier alpha value is -2.95. The van der Waals surface area contributed by atoms with Crippen LogP contribution in [-0.2, 0) is 11.2 Å². The van der Waals surface area contributed by atoms with Crippen molar-refractivity contribution >= 4 is 40.4 Å². The zero-order valence-electron chi connectivity index (χ0n) is 15.1. The average Bonchev–Trinajstić information content (AvgIpc) is 2.67. The number of para-hydroxylation sites is 1. The van der Waals surface area contributed by atoms with Gasteiger partial charge in [-0.05, 0) is 40.3 Å². The van der Waals surface area contributed by atoms with Gasteiger partial charge in [-0.1, -0.05) is 30.9 Å². The van der Waals surface area contributed by atoms with E-state index in [9.17, 15) is 14.9 Å². The van der Waals surface area contributed by atoms with Crippen LogP contribution < -0.4 is 14.9 Å². The number of hydrazone groups is 1. The molecular formula is C19H18IN3O5. The molecule has 0 heterocycles. The number of nitro groups is 1. The van der Waals surface area contributed by atoms with Gasteiger partial charge in [0.1, 0.15) is 6.61 Å². The van der Waals surface area contributed by atoms with Gasteiger partial charge in [0.25, 0.3) is 5.69 Å². The Kier molecular flexibility index (Phi) is 7.93. The van der Waals surface area contributed by atoms with E-state index in [4.69, 9.17) is 9.47 Å². The molecule has 0 aliphatic heterocycles. The first-order valence-corrected chi connectivity index (χ1v) is 9.19. The fourth-order valence-electron chi connectivity index (χ4n) is 2.33. The summed E-state index contributed by atoms with van der Waals surface area (Å²) in [4.78, 5) is 22.5. The summed E-state index contributed by atoms with van der Waals surface area (Å²) in [5.41, 5.74) is 3.28. The molecule has 0 aliphatic carbocycles. The maximum atomic E-state index is 12.0. The monoisotopic (exact) mass is 495 g/mol. The molecule has 0 aromatic heterocycles. The quantitative estimate of drug-likeness (QED) is 0.189. The van der Waals surface area contributed by atoms with Crippen molar-refractivity contribution in [3.63, 3.8) is 0 Å². The maximum absolute atomic E-state index is 12.0. The summed E-state index contributed by atoms with van der Waals surface area (Å²) in [5.74, 6) is 0.667. The highest BCUT2D eigenvalue weighted by atomic mass is 127. The molecule has 0 aliphatic rings. The van der Waals surface area contributed by atoms with Crippen LogP contribution in [0.5, 0.6) is 11.5 Å². The maximum Gasteiger partial charge on any atom is 0.273 e. The number of halogens is 1. The summed E-state index contributed by atoms with van der Waals surface area (Å²) in [6, 6.07) is 9.63. The first-order valence-electron chi connectivity index (χ1n) is 8.11. The van der Waals surface area contributed by atoms with Crippen molar-refractivity contribution in [2.24, 2.45) is 5.10 Å². The van der Waals surface area contributed by atoms with E-state index in [1.165, 1.54) is 25.5 Å². The molecule has 1 N–H and O–H groups in total. The number of hydrogen-bond acceptors (Lipinski definition) is 6. The summed E-state index contributed by atoms with van der Waals surface area (Å²) in [5, 5.41) is 14.9. The number of nitro benzene ring substituents is 1. The van der Waals surface area contributed by atoms with Crippen molar-refractivity contribution in [2.75, 3.05) is 13.7 Å². The number of hydrogen-bond donors (Lipinski definition) is 1. The van der Waals surface area contributed by atoms with Crippen LogP contribution in [0.3, 0.4) is 0 Å². The number of rotatable bonds is 9. The fraction of sp³-hybridized carbons (Fsp3) is 0.158. The van der Waals surface area contributed by atoms with Gasteiger partial charge in [0.05, 0.1) is 28.2 Å². The molecule has 0 saturated heterocycles. The van der Waals surface area contributed by atoms with E-state index in [-0.39, 0.29) is 12.1 Å². The van der Waals surface area contributed by atoms with Crippen molar-refractivity contribution in [3.8, 4) is 11.5 Å². The molecule has 9 heteroatoms. The SMILES string of the molecule is C=CCOc1c(I)cc(C=NNC(=O)Cc2ccccc2[N+](=O)[O-])cc1OC. The van der Waals surface area contributed by atoms with Crippen LogP contribution >= 0.6 is 22.6 Å². The van der Waals surface area contributed by atoms with Crippen molar-refractivity contribution in [2.45, 2.75) is 6.42 Å². The number of nitrogens with one attached hydrogen (secondary N) is 1. The summed E-state index contributed by atoms with van der Waals surface area (Å²) in [6.45, 7) is 3.96. The van der Waals surface area contributed by atoms with Crippen LogP contribution in [0.1, 0.15) is 11.1 Å². The lowest BCUT2D eigenvalue weighted by atomic mass is 10.1. The predicted molar refractivity (Wildman–Crippen MR) is 114 cm³/mol. The van der Waals surface area contributed by atoms with Gasteiger partial charge in [0, 0.05) is 11.6 Å². The van der Waals surface area contributed by atoms with E-state index in [2.05, 4.69) is 39.7 Å². The Balaban J connectivity index is 2.06. The van der Waals surface area contributed by atoms with Gasteiger partial charge in [-0.3, -0.25) is 14.9 Å². The molecule has 1 amide bonds. The molecule has 8 nitrogen and oxygen atoms in total. The van der Waals surface area contributed by atoms with Gasteiger partial charge in [-0.15, -0.1) is 0 Å². The summed E-state index contributed by atoms with van der Waals surface area (Å²) in [7, 11) is 1.53. The Bertz CT molecular complexity index is 914. The van der Waals surface area contributed by atoms with Gasteiger partial charge in [0.15, 0.2) is 11.5 Å². The minimum absolute atomic E-state index is 0.101. The van der Waals surface area contributed by atoms with E-state index < -0.39 is 10.8 Å². The summed E-state index contributed by atoms with van der Waals surface area (Å²) >= 11 is 2.11. The van der Waals surface area contributed by atoms with Crippen molar-refractivity contribution < 1.29 is 19.2 Å². The molecule has 28 heavy (non-hydrogen) atoms. The second-order valence-corrected chi connectivity index (χ2v) is 6.65. The Morgan fingerprint density at radius 2 is 2.14 bits per heavy atom. The molecule has 0 unspecified atom stereocenters. The molecule has 0 bridgehead atoms. The predicted octanol–water partition coefficient (Wildman–Crippen LogP) is 3.47. The van der Waals surface area contributed by atoms with Crippen LogP contribution in [0.4, 0.5) is 5.69 Å². The summed E-state index contributed by atoms with van der Waals surface area (Å²) < 4.78 is 11.7. The summed E-state index contributed by atoms with van der Waals surface area (Å²) in [6.07, 6.45) is 2.94. The van der Waals surface area contributed by atoms with E-state index in [1.807, 2.05) is 6.07 Å². The van der Waals surface area contributed by atoms with E-state index >= 15 is 0 Å². The van der Waals surface area contributed by atoms with Gasteiger partial charge in [-0.25, -0.2) is 5.43 Å². The zero-order chi connectivity index (χ0) is 20.5. The van der Waals surface area contributed by atoms with E-state index in [1.54, 1.807) is 24.3 Å². The van der Waals surface area contributed by atoms with Gasteiger partial charge in [0.2, 0.25) is 5.91 Å². The van der Waals surface area contributed by atoms with Gasteiger partial charge in [-0.2, -0.15) is 5.10 Å². The number of methoxy groups -OCH3 is 1. The minimum Gasteiger partial charge on any atom is -0.493 e. The molecule has 0 saturated carbocycles. The number of amides is 1. The lowest BCUT2D eigenvalue weighted by Gasteiger charge is -2.12. The van der Waals surface area contributed by atoms with Crippen molar-refractivity contribution in [1.29, 1.82) is 0 Å². The minimum atomic E-state index is -0.518. The second-order valence-electron chi connectivity index (χ2n) is 5.49. The molecule has 2 rings (SSSR count). The number of carbonyl (C=O) groups excluding carboxylic acids is 1. The highest BCUT2D eigenvalue weighted by Gasteiger charge is 2.15. The first kappa shape index (κ1) is 21.4. The molecule has 2 aromatic carbocycles. The Labute approximate surface area is 175 Å². The lowest BCUT2D eigenvalue weighted by molar-refractivity contribution is -0.385. The largest absolute Gasteiger partial charge is 0.493 e. The van der Waals surface area contributed by atoms with Crippen LogP contribution in [-0.4, -0.2) is 30.8 Å². The Morgan fingerprint density at radius 1 is 1.39 bits per heavy atom. The normalized spacial score (nSPS) is 10.5. The number of carbonyl (C=O) groups is 1. The smallest absolute Gasteiger partial charge is 0.273 e. The third kappa shape index (κ3) is 5.78. The Morgan fingerprint density at radius 3 is 2.82 bits per heavy atom. The number of nitrogens with zero attached hydrogens (tertiary/aromatic N) is 2. The molecule has 0 atom stereocenters. The van der Waals surface area contributed by atoms with E-state index in [0.29, 0.717) is 29.2 Å². The molecule has 2 aromatic rings. The third-order valence-corrected chi connectivity index (χ3v) is 4.34. The average molecular weight is 495 g/mol. The standard InChI is InChI=1S/C19H18IN3O5/c1-3-8-28-19-15(20)9-13(10-17(19)27-2)12-21-22-18(24)11-14-6-4-5-7-16(14)23(25)26/h3-7,9-10,12H,1,8,11H2,2H3,(H,22,24). The highest BCUT2D eigenvalue weighted by Crippen LogP contribution is 2.33. The van der Waals surface area contributed by atoms with Crippen molar-refractivity contribution in [3.05, 3.63) is 73.9 Å². The van der Waals surface area contributed by atoms with Gasteiger partial charge < -0.3 is 9.47 Å². The van der Waals surface area contributed by atoms with Crippen LogP contribution in [0.15, 0.2) is 54.2 Å². The van der Waals surface area contributed by atoms with Crippen LogP contribution in [0.25, 0.3) is 0 Å². The number of ether oxygens (including phenoxy) is 2. The first-order chi connectivity index (χ1) is 13.5. The van der Waals surface area contributed by atoms with Crippen LogP contribution in [0.2, 0.25) is 0 Å². The number of benzene rings is 2. The lowest BCUT2D eigenvalue weighted by Crippen LogP contribution is -2.20. The van der Waals surface area contributed by atoms with Crippen LogP contribution in [0, 0.1) is 13.7 Å². The molecule has 0 spiro atoms. The van der Waals surface area contributed by atoms with Gasteiger partial charge >= 0.3 is 0 Å². The highest BCUT2D eigenvalue weighted by molar-refractivity contribution is 14.1. The zero-order valence-corrected chi connectivity index (χ0v) is 17.2. The molecule has 146 valence electrons. The van der Waals surface area contributed by atoms with E-state index in [0.717, 1.165) is 3.57 Å². The van der Waals surface area contributed by atoms with Crippen molar-refractivity contribution in [1.82, 2.24) is 5.43 Å². The molecular weight excluding hydrogens is 477 g/mol.